The fraction of sp³-hybridized carbons (Fsp3) is 0.435. The lowest BCUT2D eigenvalue weighted by Crippen LogP contribution is -2.40. The van der Waals surface area contributed by atoms with Crippen molar-refractivity contribution in [2.45, 2.75) is 26.0 Å². The highest BCUT2D eigenvalue weighted by molar-refractivity contribution is 14.0. The number of aliphatic imine (C=N–C) groups is 1. The molecule has 31 heavy (non-hydrogen) atoms. The van der Waals surface area contributed by atoms with E-state index in [9.17, 15) is 5.11 Å². The van der Waals surface area contributed by atoms with Gasteiger partial charge in [-0.15, -0.1) is 24.0 Å². The Labute approximate surface area is 202 Å². The molecule has 0 aliphatic heterocycles. The topological polar surface area (TPSA) is 84.3 Å². The SMILES string of the molecule is CCOCCCNC(=NCc1ccc(OC)cc1)NCC(O)c1cccc(OC)c1.I. The number of rotatable bonds is 12. The van der Waals surface area contributed by atoms with Gasteiger partial charge in [0.2, 0.25) is 0 Å². The Bertz CT molecular complexity index is 772. The molecule has 1 unspecified atom stereocenters. The zero-order chi connectivity index (χ0) is 21.6. The van der Waals surface area contributed by atoms with Crippen molar-refractivity contribution in [3.05, 3.63) is 59.7 Å². The van der Waals surface area contributed by atoms with Gasteiger partial charge in [0.25, 0.3) is 0 Å². The number of ether oxygens (including phenoxy) is 3. The van der Waals surface area contributed by atoms with Crippen LogP contribution in [0, 0.1) is 0 Å². The summed E-state index contributed by atoms with van der Waals surface area (Å²) >= 11 is 0. The number of halogens is 1. The minimum absolute atomic E-state index is 0. The molecule has 0 bridgehead atoms. The third kappa shape index (κ3) is 10.2. The molecule has 172 valence electrons. The van der Waals surface area contributed by atoms with Gasteiger partial charge in [-0.1, -0.05) is 24.3 Å². The number of benzene rings is 2. The summed E-state index contributed by atoms with van der Waals surface area (Å²) in [5.41, 5.74) is 1.85. The van der Waals surface area contributed by atoms with Crippen LogP contribution in [0.15, 0.2) is 53.5 Å². The highest BCUT2D eigenvalue weighted by atomic mass is 127. The van der Waals surface area contributed by atoms with Gasteiger partial charge in [0.15, 0.2) is 5.96 Å². The van der Waals surface area contributed by atoms with Crippen LogP contribution in [-0.2, 0) is 11.3 Å². The number of nitrogens with one attached hydrogen (secondary N) is 2. The molecule has 0 saturated carbocycles. The van der Waals surface area contributed by atoms with Crippen LogP contribution in [0.1, 0.15) is 30.6 Å². The second kappa shape index (κ2) is 15.7. The Morgan fingerprint density at radius 2 is 1.77 bits per heavy atom. The first-order chi connectivity index (χ1) is 14.7. The van der Waals surface area contributed by atoms with Crippen LogP contribution in [0.3, 0.4) is 0 Å². The van der Waals surface area contributed by atoms with Crippen molar-refractivity contribution in [1.29, 1.82) is 0 Å². The van der Waals surface area contributed by atoms with E-state index in [1.807, 2.05) is 55.5 Å². The molecule has 0 saturated heterocycles. The molecule has 0 heterocycles. The molecular formula is C23H34IN3O4. The maximum absolute atomic E-state index is 10.5. The summed E-state index contributed by atoms with van der Waals surface area (Å²) in [6.07, 6.45) is 0.187. The van der Waals surface area contributed by atoms with Gasteiger partial charge in [-0.05, 0) is 48.7 Å². The molecule has 0 spiro atoms. The monoisotopic (exact) mass is 543 g/mol. The number of nitrogens with zero attached hydrogens (tertiary/aromatic N) is 1. The zero-order valence-corrected chi connectivity index (χ0v) is 20.8. The van der Waals surface area contributed by atoms with E-state index in [0.29, 0.717) is 38.0 Å². The van der Waals surface area contributed by atoms with Crippen molar-refractivity contribution in [3.63, 3.8) is 0 Å². The number of hydrogen-bond acceptors (Lipinski definition) is 5. The minimum Gasteiger partial charge on any atom is -0.497 e. The van der Waals surface area contributed by atoms with Crippen molar-refractivity contribution in [2.75, 3.05) is 40.5 Å². The van der Waals surface area contributed by atoms with Gasteiger partial charge in [0.1, 0.15) is 11.5 Å². The average Bonchev–Trinajstić information content (AvgIpc) is 2.80. The lowest BCUT2D eigenvalue weighted by Gasteiger charge is -2.17. The highest BCUT2D eigenvalue weighted by Gasteiger charge is 2.10. The summed E-state index contributed by atoms with van der Waals surface area (Å²) in [4.78, 5) is 4.64. The van der Waals surface area contributed by atoms with E-state index in [2.05, 4.69) is 15.6 Å². The molecule has 2 rings (SSSR count). The Balaban J connectivity index is 0.00000480. The van der Waals surface area contributed by atoms with E-state index in [0.717, 1.165) is 29.8 Å². The van der Waals surface area contributed by atoms with E-state index in [1.165, 1.54) is 0 Å². The van der Waals surface area contributed by atoms with Crippen molar-refractivity contribution in [1.82, 2.24) is 10.6 Å². The Hall–Kier alpha value is -2.04. The maximum atomic E-state index is 10.5. The number of aliphatic hydroxyl groups excluding tert-OH is 1. The number of guanidine groups is 1. The van der Waals surface area contributed by atoms with Gasteiger partial charge in [-0.3, -0.25) is 0 Å². The van der Waals surface area contributed by atoms with Crippen LogP contribution in [0.2, 0.25) is 0 Å². The molecule has 0 fully saturated rings. The first kappa shape index (κ1) is 27.0. The normalized spacial score (nSPS) is 11.9. The first-order valence-corrected chi connectivity index (χ1v) is 10.2. The van der Waals surface area contributed by atoms with E-state index >= 15 is 0 Å². The molecular weight excluding hydrogens is 509 g/mol. The van der Waals surface area contributed by atoms with E-state index in [4.69, 9.17) is 14.2 Å². The van der Waals surface area contributed by atoms with Crippen LogP contribution in [0.25, 0.3) is 0 Å². The van der Waals surface area contributed by atoms with Crippen LogP contribution in [0.4, 0.5) is 0 Å². The predicted molar refractivity (Wildman–Crippen MR) is 135 cm³/mol. The predicted octanol–water partition coefficient (Wildman–Crippen LogP) is 3.52. The van der Waals surface area contributed by atoms with Gasteiger partial charge in [-0.2, -0.15) is 0 Å². The molecule has 0 aliphatic rings. The number of hydrogen-bond donors (Lipinski definition) is 3. The summed E-state index contributed by atoms with van der Waals surface area (Å²) in [7, 11) is 3.26. The van der Waals surface area contributed by atoms with Crippen LogP contribution < -0.4 is 20.1 Å². The van der Waals surface area contributed by atoms with E-state index < -0.39 is 6.10 Å². The molecule has 0 amide bonds. The molecule has 2 aromatic rings. The zero-order valence-electron chi connectivity index (χ0n) is 18.5. The smallest absolute Gasteiger partial charge is 0.191 e. The largest absolute Gasteiger partial charge is 0.497 e. The molecule has 0 radical (unpaired) electrons. The highest BCUT2D eigenvalue weighted by Crippen LogP contribution is 2.18. The van der Waals surface area contributed by atoms with Crippen LogP contribution in [0.5, 0.6) is 11.5 Å². The number of aliphatic hydroxyl groups is 1. The molecule has 0 aromatic heterocycles. The maximum Gasteiger partial charge on any atom is 0.191 e. The average molecular weight is 543 g/mol. The third-order valence-electron chi connectivity index (χ3n) is 4.48. The molecule has 7 nitrogen and oxygen atoms in total. The Morgan fingerprint density at radius 3 is 2.45 bits per heavy atom. The van der Waals surface area contributed by atoms with Gasteiger partial charge in [-0.25, -0.2) is 4.99 Å². The van der Waals surface area contributed by atoms with Gasteiger partial charge in [0.05, 0.1) is 26.9 Å². The Kier molecular flexibility index (Phi) is 13.7. The third-order valence-corrected chi connectivity index (χ3v) is 4.48. The van der Waals surface area contributed by atoms with Crippen molar-refractivity contribution >= 4 is 29.9 Å². The van der Waals surface area contributed by atoms with E-state index in [-0.39, 0.29) is 24.0 Å². The summed E-state index contributed by atoms with van der Waals surface area (Å²) in [6.45, 7) is 4.96. The van der Waals surface area contributed by atoms with Crippen molar-refractivity contribution in [2.24, 2.45) is 4.99 Å². The molecule has 0 aliphatic carbocycles. The summed E-state index contributed by atoms with van der Waals surface area (Å²) in [5.74, 6) is 2.18. The van der Waals surface area contributed by atoms with Gasteiger partial charge >= 0.3 is 0 Å². The van der Waals surface area contributed by atoms with Gasteiger partial charge < -0.3 is 30.0 Å². The minimum atomic E-state index is -0.684. The van der Waals surface area contributed by atoms with Crippen LogP contribution >= 0.6 is 24.0 Å². The molecule has 1 atom stereocenters. The van der Waals surface area contributed by atoms with Crippen LogP contribution in [-0.4, -0.2) is 51.6 Å². The first-order valence-electron chi connectivity index (χ1n) is 10.2. The second-order valence-electron chi connectivity index (χ2n) is 6.66. The molecule has 8 heteroatoms. The van der Waals surface area contributed by atoms with Crippen molar-refractivity contribution in [3.8, 4) is 11.5 Å². The quantitative estimate of drug-likeness (QED) is 0.165. The number of methoxy groups -OCH3 is 2. The Morgan fingerprint density at radius 1 is 1.03 bits per heavy atom. The fourth-order valence-corrected chi connectivity index (χ4v) is 2.76. The lowest BCUT2D eigenvalue weighted by molar-refractivity contribution is 0.145. The lowest BCUT2D eigenvalue weighted by atomic mass is 10.1. The second-order valence-corrected chi connectivity index (χ2v) is 6.66. The molecule has 2 aromatic carbocycles. The summed E-state index contributed by atoms with van der Waals surface area (Å²) in [5, 5.41) is 17.1. The molecule has 3 N–H and O–H groups in total. The summed E-state index contributed by atoms with van der Waals surface area (Å²) < 4.78 is 15.8. The fourth-order valence-electron chi connectivity index (χ4n) is 2.76. The van der Waals surface area contributed by atoms with Gasteiger partial charge in [0, 0.05) is 26.3 Å². The summed E-state index contributed by atoms with van der Waals surface area (Å²) in [6, 6.07) is 15.2. The standard InChI is InChI=1S/C23H33N3O4.HI/c1-4-30-14-6-13-24-23(25-16-18-9-11-20(28-2)12-10-18)26-17-22(27)19-7-5-8-21(15-19)29-3;/h5,7-12,15,22,27H,4,6,13-14,16-17H2,1-3H3,(H2,24,25,26);1H. The van der Waals surface area contributed by atoms with Crippen molar-refractivity contribution < 1.29 is 19.3 Å². The van der Waals surface area contributed by atoms with E-state index in [1.54, 1.807) is 14.2 Å².